The molecule has 0 saturated heterocycles. The van der Waals surface area contributed by atoms with E-state index in [1.54, 1.807) is 49.7 Å². The number of rotatable bonds is 12. The Labute approximate surface area is 271 Å². The number of halogens is 1. The monoisotopic (exact) mass is 644 g/mol. The van der Waals surface area contributed by atoms with E-state index >= 15 is 4.39 Å². The SMILES string of the molecule is CC.COCCNCc1cnc(-c2cc3nccc(Oc4ccc(NC(=O)C5(C(=O)Nc6ccccc6)CC5)cc4F)c3s2)n1C. The van der Waals surface area contributed by atoms with Crippen LogP contribution in [0.5, 0.6) is 11.5 Å². The molecule has 10 nitrogen and oxygen atoms in total. The Morgan fingerprint density at radius 1 is 0.978 bits per heavy atom. The maximum Gasteiger partial charge on any atom is 0.240 e. The van der Waals surface area contributed by atoms with Crippen molar-refractivity contribution < 1.29 is 23.5 Å². The van der Waals surface area contributed by atoms with Gasteiger partial charge >= 0.3 is 0 Å². The van der Waals surface area contributed by atoms with E-state index in [1.807, 2.05) is 43.8 Å². The van der Waals surface area contributed by atoms with Gasteiger partial charge in [0.15, 0.2) is 11.6 Å². The third kappa shape index (κ3) is 7.09. The van der Waals surface area contributed by atoms with Crippen LogP contribution >= 0.6 is 11.3 Å². The summed E-state index contributed by atoms with van der Waals surface area (Å²) in [5.74, 6) is -0.261. The summed E-state index contributed by atoms with van der Waals surface area (Å²) in [6.07, 6.45) is 4.29. The summed E-state index contributed by atoms with van der Waals surface area (Å²) in [7, 11) is 3.63. The number of ether oxygens (including phenoxy) is 2. The Morgan fingerprint density at radius 3 is 2.41 bits per heavy atom. The number of para-hydroxylation sites is 1. The number of thiophene rings is 1. The molecule has 5 aromatic rings. The lowest BCUT2D eigenvalue weighted by Gasteiger charge is -2.16. The first-order valence-corrected chi connectivity index (χ1v) is 15.9. The fraction of sp³-hybridized carbons (Fsp3) is 0.294. The number of amides is 2. The van der Waals surface area contributed by atoms with Gasteiger partial charge in [0, 0.05) is 57.0 Å². The Balaban J connectivity index is 0.00000204. The Hall–Kier alpha value is -4.65. The van der Waals surface area contributed by atoms with Gasteiger partial charge in [-0.2, -0.15) is 0 Å². The van der Waals surface area contributed by atoms with Crippen LogP contribution in [0.15, 0.2) is 73.1 Å². The van der Waals surface area contributed by atoms with Crippen LogP contribution in [0.2, 0.25) is 0 Å². The quantitative estimate of drug-likeness (QED) is 0.102. The van der Waals surface area contributed by atoms with Crippen molar-refractivity contribution in [2.45, 2.75) is 33.2 Å². The van der Waals surface area contributed by atoms with Gasteiger partial charge in [-0.05, 0) is 43.2 Å². The lowest BCUT2D eigenvalue weighted by molar-refractivity contribution is -0.131. The van der Waals surface area contributed by atoms with Crippen molar-refractivity contribution in [3.8, 4) is 22.2 Å². The largest absolute Gasteiger partial charge is 0.453 e. The number of carbonyl (C=O) groups excluding carboxylic acids is 2. The van der Waals surface area contributed by atoms with Gasteiger partial charge in [0.2, 0.25) is 11.8 Å². The van der Waals surface area contributed by atoms with Crippen LogP contribution in [0, 0.1) is 11.2 Å². The Kier molecular flexibility index (Phi) is 10.4. The van der Waals surface area contributed by atoms with Crippen LogP contribution in [0.25, 0.3) is 20.9 Å². The molecule has 2 aromatic carbocycles. The van der Waals surface area contributed by atoms with Crippen molar-refractivity contribution in [2.75, 3.05) is 30.9 Å². The number of fused-ring (bicyclic) bond motifs is 1. The number of hydrogen-bond donors (Lipinski definition) is 3. The highest BCUT2D eigenvalue weighted by atomic mass is 32.1. The van der Waals surface area contributed by atoms with Gasteiger partial charge in [-0.3, -0.25) is 14.6 Å². The van der Waals surface area contributed by atoms with Gasteiger partial charge in [0.1, 0.15) is 17.0 Å². The molecule has 6 rings (SSSR count). The zero-order chi connectivity index (χ0) is 32.7. The maximum atomic E-state index is 15.2. The normalized spacial score (nSPS) is 13.1. The minimum absolute atomic E-state index is 0.00480. The third-order valence-electron chi connectivity index (χ3n) is 7.53. The number of nitrogens with zero attached hydrogens (tertiary/aromatic N) is 3. The molecule has 0 bridgehead atoms. The van der Waals surface area contributed by atoms with Crippen molar-refractivity contribution in [1.29, 1.82) is 0 Å². The smallest absolute Gasteiger partial charge is 0.240 e. The summed E-state index contributed by atoms with van der Waals surface area (Å²) in [5, 5.41) is 8.81. The predicted octanol–water partition coefficient (Wildman–Crippen LogP) is 6.75. The van der Waals surface area contributed by atoms with Gasteiger partial charge < -0.3 is 30.0 Å². The number of nitrogens with one attached hydrogen (secondary N) is 3. The molecule has 0 spiro atoms. The van der Waals surface area contributed by atoms with Crippen LogP contribution < -0.4 is 20.7 Å². The second-order valence-corrected chi connectivity index (χ2v) is 11.6. The second kappa shape index (κ2) is 14.6. The maximum absolute atomic E-state index is 15.2. The number of benzene rings is 2. The second-order valence-electron chi connectivity index (χ2n) is 10.5. The summed E-state index contributed by atoms with van der Waals surface area (Å²) >= 11 is 1.46. The highest BCUT2D eigenvalue weighted by Crippen LogP contribution is 2.47. The number of carbonyl (C=O) groups is 2. The van der Waals surface area contributed by atoms with E-state index in [1.165, 1.54) is 23.5 Å². The van der Waals surface area contributed by atoms with Crippen molar-refractivity contribution in [1.82, 2.24) is 19.9 Å². The molecular weight excluding hydrogens is 607 g/mol. The standard InChI is InChI=1S/C32H31FN6O4S.C2H6/c1-39-22(18-34-14-15-42-2)19-36-29(39)27-17-24-28(44-27)26(10-13-35-24)43-25-9-8-21(16-23(25)33)38-31(41)32(11-12-32)30(40)37-20-6-4-3-5-7-20;1-2/h3-10,13,16-17,19,34H,11-12,14-15,18H2,1-2H3,(H,37,40)(H,38,41);1-2H3. The molecule has 46 heavy (non-hydrogen) atoms. The summed E-state index contributed by atoms with van der Waals surface area (Å²) in [6.45, 7) is 6.02. The van der Waals surface area contributed by atoms with E-state index in [9.17, 15) is 9.59 Å². The van der Waals surface area contributed by atoms with Crippen LogP contribution in [0.4, 0.5) is 15.8 Å². The van der Waals surface area contributed by atoms with Crippen molar-refractivity contribution in [3.05, 3.63) is 84.6 Å². The fourth-order valence-corrected chi connectivity index (χ4v) is 5.92. The summed E-state index contributed by atoms with van der Waals surface area (Å²) < 4.78 is 29.1. The number of aromatic nitrogens is 3. The summed E-state index contributed by atoms with van der Waals surface area (Å²) in [4.78, 5) is 35.9. The zero-order valence-corrected chi connectivity index (χ0v) is 27.0. The molecule has 240 valence electrons. The first kappa shape index (κ1) is 32.7. The van der Waals surface area contributed by atoms with E-state index in [0.29, 0.717) is 42.9 Å². The first-order chi connectivity index (χ1) is 22.4. The summed E-state index contributed by atoms with van der Waals surface area (Å²) in [5.41, 5.74) is 1.41. The van der Waals surface area contributed by atoms with Gasteiger partial charge in [0.05, 0.1) is 33.6 Å². The van der Waals surface area contributed by atoms with Gasteiger partial charge in [-0.15, -0.1) is 11.3 Å². The topological polar surface area (TPSA) is 119 Å². The number of imidazole rings is 1. The minimum atomic E-state index is -1.17. The minimum Gasteiger partial charge on any atom is -0.453 e. The number of anilines is 2. The molecule has 3 N–H and O–H groups in total. The van der Waals surface area contributed by atoms with E-state index in [4.69, 9.17) is 9.47 Å². The molecule has 0 atom stereocenters. The van der Waals surface area contributed by atoms with Crippen LogP contribution in [0.3, 0.4) is 0 Å². The first-order valence-electron chi connectivity index (χ1n) is 15.1. The molecule has 0 unspecified atom stereocenters. The van der Waals surface area contributed by atoms with Crippen LogP contribution in [-0.2, 0) is 27.9 Å². The average Bonchev–Trinajstić information content (AvgIpc) is 3.65. The predicted molar refractivity (Wildman–Crippen MR) is 179 cm³/mol. The van der Waals surface area contributed by atoms with Gasteiger partial charge in [-0.25, -0.2) is 9.37 Å². The van der Waals surface area contributed by atoms with Gasteiger partial charge in [-0.1, -0.05) is 32.0 Å². The van der Waals surface area contributed by atoms with Crippen molar-refractivity contribution in [3.63, 3.8) is 0 Å². The van der Waals surface area contributed by atoms with Gasteiger partial charge in [0.25, 0.3) is 0 Å². The molecule has 0 aliphatic heterocycles. The molecule has 1 saturated carbocycles. The molecular formula is C34H37FN6O4S. The number of pyridine rings is 1. The molecule has 3 heterocycles. The Bertz CT molecular complexity index is 1820. The molecule has 1 aliphatic rings. The van der Waals surface area contributed by atoms with E-state index in [-0.39, 0.29) is 17.3 Å². The molecule has 2 amide bonds. The average molecular weight is 645 g/mol. The van der Waals surface area contributed by atoms with E-state index in [0.717, 1.165) is 27.6 Å². The van der Waals surface area contributed by atoms with Crippen LogP contribution in [0.1, 0.15) is 32.4 Å². The third-order valence-corrected chi connectivity index (χ3v) is 8.67. The highest BCUT2D eigenvalue weighted by molar-refractivity contribution is 7.22. The van der Waals surface area contributed by atoms with Crippen LogP contribution in [-0.4, -0.2) is 46.6 Å². The lowest BCUT2D eigenvalue weighted by Crippen LogP contribution is -2.35. The lowest BCUT2D eigenvalue weighted by atomic mass is 10.0. The molecule has 0 radical (unpaired) electrons. The highest BCUT2D eigenvalue weighted by Gasteiger charge is 2.56. The molecule has 1 fully saturated rings. The molecule has 1 aliphatic carbocycles. The Morgan fingerprint density at radius 2 is 1.72 bits per heavy atom. The molecule has 12 heteroatoms. The van der Waals surface area contributed by atoms with Crippen molar-refractivity contribution in [2.24, 2.45) is 12.5 Å². The summed E-state index contributed by atoms with van der Waals surface area (Å²) in [6, 6.07) is 16.8. The van der Waals surface area contributed by atoms with Crippen molar-refractivity contribution >= 4 is 44.7 Å². The number of hydrogen-bond acceptors (Lipinski definition) is 8. The van der Waals surface area contributed by atoms with E-state index in [2.05, 4.69) is 25.9 Å². The molecule has 3 aromatic heterocycles. The fourth-order valence-electron chi connectivity index (χ4n) is 4.82. The number of methoxy groups -OCH3 is 1. The zero-order valence-electron chi connectivity index (χ0n) is 26.2. The van der Waals surface area contributed by atoms with E-state index < -0.39 is 17.1 Å².